The van der Waals surface area contributed by atoms with Crippen LogP contribution in [0.25, 0.3) is 0 Å². The summed E-state index contributed by atoms with van der Waals surface area (Å²) in [5.74, 6) is 0.172. The van der Waals surface area contributed by atoms with Crippen molar-refractivity contribution in [2.24, 2.45) is 5.10 Å². The Hall–Kier alpha value is -2.00. The Morgan fingerprint density at radius 3 is 2.45 bits per heavy atom. The van der Waals surface area contributed by atoms with Crippen LogP contribution in [-0.4, -0.2) is 10.7 Å². The molecule has 0 spiro atoms. The molecule has 0 saturated heterocycles. The summed E-state index contributed by atoms with van der Waals surface area (Å²) in [4.78, 5) is 3.97. The van der Waals surface area contributed by atoms with Crippen LogP contribution in [0.15, 0.2) is 29.4 Å². The lowest BCUT2D eigenvalue weighted by molar-refractivity contribution is 1.21. The number of nitrogen functional groups attached to an aromatic ring is 1. The van der Waals surface area contributed by atoms with E-state index in [1.54, 1.807) is 19.1 Å². The number of nitrogens with zero attached hydrogens (tertiary/aromatic N) is 3. The average Bonchev–Trinajstić information content (AvgIpc) is 2.50. The maximum atomic E-state index is 8.93. The van der Waals surface area contributed by atoms with Crippen molar-refractivity contribution in [3.05, 3.63) is 50.6 Å². The summed E-state index contributed by atoms with van der Waals surface area (Å²) in [5, 5.41) is 13.2. The van der Waals surface area contributed by atoms with E-state index < -0.39 is 0 Å². The van der Waals surface area contributed by atoms with Gasteiger partial charge in [0.2, 0.25) is 0 Å². The molecule has 0 aliphatic carbocycles. The van der Waals surface area contributed by atoms with Crippen LogP contribution >= 0.6 is 34.8 Å². The van der Waals surface area contributed by atoms with E-state index in [2.05, 4.69) is 15.5 Å². The van der Waals surface area contributed by atoms with Gasteiger partial charge in [0, 0.05) is 5.69 Å². The number of hydrazone groups is 1. The summed E-state index contributed by atoms with van der Waals surface area (Å²) in [6, 6.07) is 9.06. The zero-order chi connectivity index (χ0) is 16.3. The van der Waals surface area contributed by atoms with Gasteiger partial charge in [-0.3, -0.25) is 5.43 Å². The third-order valence-corrected chi connectivity index (χ3v) is 3.92. The molecule has 2 rings (SSSR count). The number of hydrogen-bond donors (Lipinski definition) is 2. The van der Waals surface area contributed by atoms with E-state index in [9.17, 15) is 0 Å². The number of anilines is 2. The first-order valence-corrected chi connectivity index (χ1v) is 7.18. The first-order chi connectivity index (χ1) is 10.4. The van der Waals surface area contributed by atoms with Crippen LogP contribution in [0, 0.1) is 11.3 Å². The van der Waals surface area contributed by atoms with Crippen molar-refractivity contribution in [2.45, 2.75) is 6.92 Å². The second-order valence-corrected chi connectivity index (χ2v) is 5.41. The van der Waals surface area contributed by atoms with Gasteiger partial charge in [0.05, 0.1) is 10.7 Å². The first kappa shape index (κ1) is 16.4. The fourth-order valence-electron chi connectivity index (χ4n) is 1.60. The maximum Gasteiger partial charge on any atom is 0.168 e. The van der Waals surface area contributed by atoms with E-state index in [0.717, 1.165) is 5.56 Å². The predicted molar refractivity (Wildman–Crippen MR) is 90.7 cm³/mol. The van der Waals surface area contributed by atoms with E-state index in [0.29, 0.717) is 11.4 Å². The molecule has 1 aromatic heterocycles. The van der Waals surface area contributed by atoms with Crippen LogP contribution in [-0.2, 0) is 0 Å². The van der Waals surface area contributed by atoms with E-state index >= 15 is 0 Å². The van der Waals surface area contributed by atoms with E-state index in [1.807, 2.05) is 18.2 Å². The topological polar surface area (TPSA) is 87.1 Å². The Morgan fingerprint density at radius 1 is 1.23 bits per heavy atom. The second-order valence-electron chi connectivity index (χ2n) is 4.30. The molecular weight excluding hydrogens is 345 g/mol. The smallest absolute Gasteiger partial charge is 0.168 e. The number of pyridine rings is 1. The van der Waals surface area contributed by atoms with E-state index in [-0.39, 0.29) is 26.6 Å². The zero-order valence-electron chi connectivity index (χ0n) is 11.4. The summed E-state index contributed by atoms with van der Waals surface area (Å²) < 4.78 is 0. The molecule has 112 valence electrons. The van der Waals surface area contributed by atoms with Crippen LogP contribution in [0.3, 0.4) is 0 Å². The summed E-state index contributed by atoms with van der Waals surface area (Å²) in [6.45, 7) is 1.80. The van der Waals surface area contributed by atoms with Crippen molar-refractivity contribution in [2.75, 3.05) is 11.2 Å². The number of nitrogens with one attached hydrogen (secondary N) is 1. The number of nitrogens with two attached hydrogens (primary N) is 1. The van der Waals surface area contributed by atoms with Crippen molar-refractivity contribution in [1.29, 1.82) is 5.26 Å². The normalized spacial score (nSPS) is 11.1. The fourth-order valence-corrected chi connectivity index (χ4v) is 2.27. The van der Waals surface area contributed by atoms with Gasteiger partial charge in [-0.1, -0.05) is 46.9 Å². The van der Waals surface area contributed by atoms with Gasteiger partial charge in [0.25, 0.3) is 0 Å². The van der Waals surface area contributed by atoms with Gasteiger partial charge in [-0.2, -0.15) is 10.4 Å². The van der Waals surface area contributed by atoms with Crippen LogP contribution in [0.4, 0.5) is 11.5 Å². The molecule has 0 saturated carbocycles. The van der Waals surface area contributed by atoms with Gasteiger partial charge in [-0.25, -0.2) is 4.98 Å². The molecule has 2 aromatic rings. The van der Waals surface area contributed by atoms with Gasteiger partial charge in [-0.05, 0) is 24.6 Å². The minimum atomic E-state index is -0.0419. The van der Waals surface area contributed by atoms with Gasteiger partial charge in [0.1, 0.15) is 16.7 Å². The monoisotopic (exact) mass is 353 g/mol. The Bertz CT molecular complexity index is 779. The summed E-state index contributed by atoms with van der Waals surface area (Å²) in [5.41, 5.74) is 10.6. The van der Waals surface area contributed by atoms with E-state index in [1.165, 1.54) is 0 Å². The zero-order valence-corrected chi connectivity index (χ0v) is 13.6. The summed E-state index contributed by atoms with van der Waals surface area (Å²) >= 11 is 17.9. The Morgan fingerprint density at radius 2 is 1.86 bits per heavy atom. The molecule has 0 radical (unpaired) electrons. The van der Waals surface area contributed by atoms with E-state index in [4.69, 9.17) is 45.8 Å². The molecule has 0 bridgehead atoms. The molecule has 0 fully saturated rings. The molecule has 0 aliphatic heterocycles. The van der Waals surface area contributed by atoms with Gasteiger partial charge < -0.3 is 5.73 Å². The maximum absolute atomic E-state index is 8.93. The molecule has 5 nitrogen and oxygen atoms in total. The van der Waals surface area contributed by atoms with Crippen LogP contribution in [0.2, 0.25) is 15.2 Å². The van der Waals surface area contributed by atoms with Crippen molar-refractivity contribution in [3.63, 3.8) is 0 Å². The molecular formula is C14H10Cl3N5. The fraction of sp³-hybridized carbons (Fsp3) is 0.0714. The van der Waals surface area contributed by atoms with Crippen LogP contribution in [0.5, 0.6) is 0 Å². The quantitative estimate of drug-likeness (QED) is 0.371. The minimum Gasteiger partial charge on any atom is -0.399 e. The number of benzene rings is 1. The third kappa shape index (κ3) is 3.42. The van der Waals surface area contributed by atoms with Gasteiger partial charge in [0.15, 0.2) is 11.0 Å². The molecule has 3 N–H and O–H groups in total. The number of hydrogen-bond acceptors (Lipinski definition) is 5. The Labute approximate surface area is 142 Å². The van der Waals surface area contributed by atoms with Crippen molar-refractivity contribution in [1.82, 2.24) is 4.98 Å². The van der Waals surface area contributed by atoms with Crippen LogP contribution in [0.1, 0.15) is 18.1 Å². The molecule has 1 aromatic carbocycles. The molecule has 8 heteroatoms. The lowest BCUT2D eigenvalue weighted by Gasteiger charge is -2.08. The molecule has 0 atom stereocenters. The largest absolute Gasteiger partial charge is 0.399 e. The van der Waals surface area contributed by atoms with Gasteiger partial charge in [-0.15, -0.1) is 0 Å². The molecule has 0 unspecified atom stereocenters. The number of halogens is 3. The number of nitriles is 1. The molecule has 22 heavy (non-hydrogen) atoms. The average molecular weight is 355 g/mol. The standard InChI is InChI=1S/C14H10Cl3N5/c1-7(8-2-4-9(19)5-3-8)21-22-14-12(16)11(15)10(6-18)13(17)20-14/h2-5H,19H2,1H3,(H,20,22)/b21-7+. The van der Waals surface area contributed by atoms with Crippen molar-refractivity contribution in [3.8, 4) is 6.07 Å². The lowest BCUT2D eigenvalue weighted by Crippen LogP contribution is -2.02. The summed E-state index contributed by atoms with van der Waals surface area (Å²) in [7, 11) is 0. The lowest BCUT2D eigenvalue weighted by atomic mass is 10.1. The Kier molecular flexibility index (Phi) is 5.09. The molecule has 1 heterocycles. The highest BCUT2D eigenvalue weighted by Gasteiger charge is 2.16. The molecule has 0 aliphatic rings. The molecule has 0 amide bonds. The number of aromatic nitrogens is 1. The first-order valence-electron chi connectivity index (χ1n) is 6.05. The second kappa shape index (κ2) is 6.84. The SMILES string of the molecule is C/C(=N\Nc1nc(Cl)c(C#N)c(Cl)c1Cl)c1ccc(N)cc1. The van der Waals surface area contributed by atoms with Crippen molar-refractivity contribution < 1.29 is 0 Å². The number of rotatable bonds is 3. The van der Waals surface area contributed by atoms with Crippen molar-refractivity contribution >= 4 is 52.0 Å². The predicted octanol–water partition coefficient (Wildman–Crippen LogP) is 4.33. The third-order valence-electron chi connectivity index (χ3n) is 2.81. The minimum absolute atomic E-state index is 0.0260. The highest BCUT2D eigenvalue weighted by atomic mass is 35.5. The van der Waals surface area contributed by atoms with Gasteiger partial charge >= 0.3 is 0 Å². The highest BCUT2D eigenvalue weighted by molar-refractivity contribution is 6.45. The Balaban J connectivity index is 2.30. The highest BCUT2D eigenvalue weighted by Crippen LogP contribution is 2.34. The van der Waals surface area contributed by atoms with Crippen LogP contribution < -0.4 is 11.2 Å². The summed E-state index contributed by atoms with van der Waals surface area (Å²) in [6.07, 6.45) is 0.